The van der Waals surface area contributed by atoms with Gasteiger partial charge in [0.15, 0.2) is 0 Å². The smallest absolute Gasteiger partial charge is 0.322 e. The van der Waals surface area contributed by atoms with Crippen LogP contribution in [-0.4, -0.2) is 18.6 Å². The van der Waals surface area contributed by atoms with Crippen LogP contribution in [0.4, 0.5) is 0 Å². The first-order valence-corrected chi connectivity index (χ1v) is 6.79. The molecule has 1 unspecified atom stereocenters. The Morgan fingerprint density at radius 1 is 1.10 bits per heavy atom. The molecule has 3 heteroatoms. The van der Waals surface area contributed by atoms with E-state index in [1.807, 2.05) is 24.3 Å². The molecule has 3 nitrogen and oxygen atoms in total. The summed E-state index contributed by atoms with van der Waals surface area (Å²) in [6.45, 7) is 1.98. The first kappa shape index (κ1) is 12.9. The molecule has 2 aromatic carbocycles. The minimum absolute atomic E-state index is 0.102. The van der Waals surface area contributed by atoms with Crippen LogP contribution in [0.3, 0.4) is 0 Å². The number of carbonyl (C=O) groups excluding carboxylic acids is 1. The maximum Gasteiger partial charge on any atom is 0.322 e. The van der Waals surface area contributed by atoms with E-state index in [0.29, 0.717) is 6.61 Å². The summed E-state index contributed by atoms with van der Waals surface area (Å²) < 4.78 is 5.34. The van der Waals surface area contributed by atoms with Gasteiger partial charge in [-0.2, -0.15) is 0 Å². The zero-order valence-electron chi connectivity index (χ0n) is 11.4. The molecule has 2 aromatic rings. The second-order valence-corrected chi connectivity index (χ2v) is 5.15. The van der Waals surface area contributed by atoms with Gasteiger partial charge in [-0.3, -0.25) is 4.79 Å². The molecule has 0 fully saturated rings. The summed E-state index contributed by atoms with van der Waals surface area (Å²) in [5.41, 5.74) is 10.4. The molecule has 20 heavy (non-hydrogen) atoms. The van der Waals surface area contributed by atoms with E-state index in [4.69, 9.17) is 10.5 Å². The fourth-order valence-corrected chi connectivity index (χ4v) is 2.74. The lowest BCUT2D eigenvalue weighted by atomic mass is 9.98. The van der Waals surface area contributed by atoms with Crippen molar-refractivity contribution >= 4 is 5.97 Å². The minimum atomic E-state index is -0.582. The zero-order valence-corrected chi connectivity index (χ0v) is 11.4. The Morgan fingerprint density at radius 3 is 2.10 bits per heavy atom. The van der Waals surface area contributed by atoms with Gasteiger partial charge in [0.25, 0.3) is 0 Å². The summed E-state index contributed by atoms with van der Waals surface area (Å²) in [7, 11) is 0. The van der Waals surface area contributed by atoms with Crippen molar-refractivity contribution in [1.82, 2.24) is 0 Å². The summed E-state index contributed by atoms with van der Waals surface area (Å²) in [5, 5.41) is 0. The Balaban J connectivity index is 1.93. The van der Waals surface area contributed by atoms with E-state index in [1.54, 1.807) is 6.92 Å². The summed E-state index contributed by atoms with van der Waals surface area (Å²) in [6, 6.07) is 15.9. The second-order valence-electron chi connectivity index (χ2n) is 5.15. The molecule has 0 aromatic heterocycles. The number of hydrogen-bond donors (Lipinski definition) is 1. The molecule has 0 amide bonds. The van der Waals surface area contributed by atoms with E-state index < -0.39 is 6.04 Å². The number of rotatable bonds is 3. The second kappa shape index (κ2) is 5.10. The predicted octanol–water partition coefficient (Wildman–Crippen LogP) is 2.69. The lowest BCUT2D eigenvalue weighted by Gasteiger charge is -2.15. The molecular weight excluding hydrogens is 250 g/mol. The topological polar surface area (TPSA) is 52.3 Å². The third kappa shape index (κ3) is 2.10. The molecule has 0 aliphatic heterocycles. The van der Waals surface area contributed by atoms with Crippen LogP contribution in [0.2, 0.25) is 0 Å². The quantitative estimate of drug-likeness (QED) is 0.870. The lowest BCUT2D eigenvalue weighted by Crippen LogP contribution is -2.29. The van der Waals surface area contributed by atoms with E-state index in [-0.39, 0.29) is 11.9 Å². The molecular formula is C17H17NO2. The number of benzene rings is 2. The van der Waals surface area contributed by atoms with Crippen molar-refractivity contribution in [3.05, 3.63) is 59.7 Å². The van der Waals surface area contributed by atoms with Crippen LogP contribution in [0.15, 0.2) is 48.5 Å². The number of esters is 1. The van der Waals surface area contributed by atoms with Crippen LogP contribution >= 0.6 is 0 Å². The highest BCUT2D eigenvalue weighted by atomic mass is 16.5. The number of fused-ring (bicyclic) bond motifs is 3. The van der Waals surface area contributed by atoms with E-state index in [1.165, 1.54) is 22.3 Å². The van der Waals surface area contributed by atoms with Gasteiger partial charge in [0.2, 0.25) is 0 Å². The average Bonchev–Trinajstić information content (AvgIpc) is 2.79. The van der Waals surface area contributed by atoms with Crippen LogP contribution in [0, 0.1) is 0 Å². The van der Waals surface area contributed by atoms with Crippen molar-refractivity contribution in [2.45, 2.75) is 18.9 Å². The van der Waals surface area contributed by atoms with E-state index in [9.17, 15) is 4.79 Å². The van der Waals surface area contributed by atoms with Crippen molar-refractivity contribution in [2.75, 3.05) is 6.61 Å². The standard InChI is InChI=1S/C17H17NO2/c1-11(18)17(19)20-10-16-14-8-4-2-6-12(14)13-7-3-5-9-15(13)16/h2-9,11,16H,10,18H2,1H3. The number of carbonyl (C=O) groups is 1. The van der Waals surface area contributed by atoms with Gasteiger partial charge in [0, 0.05) is 5.92 Å². The largest absolute Gasteiger partial charge is 0.464 e. The highest BCUT2D eigenvalue weighted by Crippen LogP contribution is 2.44. The fourth-order valence-electron chi connectivity index (χ4n) is 2.74. The van der Waals surface area contributed by atoms with Crippen molar-refractivity contribution in [3.63, 3.8) is 0 Å². The van der Waals surface area contributed by atoms with Gasteiger partial charge in [0.1, 0.15) is 12.6 Å². The molecule has 0 saturated carbocycles. The molecule has 1 atom stereocenters. The van der Waals surface area contributed by atoms with E-state index in [2.05, 4.69) is 24.3 Å². The van der Waals surface area contributed by atoms with E-state index in [0.717, 1.165) is 0 Å². The summed E-state index contributed by atoms with van der Waals surface area (Å²) in [6.07, 6.45) is 0. The molecule has 0 saturated heterocycles. The highest BCUT2D eigenvalue weighted by molar-refractivity contribution is 5.79. The Kier molecular flexibility index (Phi) is 3.28. The maximum atomic E-state index is 11.6. The Hall–Kier alpha value is -2.13. The predicted molar refractivity (Wildman–Crippen MR) is 78.3 cm³/mol. The van der Waals surface area contributed by atoms with Gasteiger partial charge in [-0.1, -0.05) is 48.5 Å². The molecule has 0 spiro atoms. The zero-order chi connectivity index (χ0) is 14.1. The van der Waals surface area contributed by atoms with Crippen LogP contribution < -0.4 is 5.73 Å². The number of hydrogen-bond acceptors (Lipinski definition) is 3. The summed E-state index contributed by atoms with van der Waals surface area (Å²) >= 11 is 0. The Bertz CT molecular complexity index is 603. The monoisotopic (exact) mass is 267 g/mol. The summed E-state index contributed by atoms with van der Waals surface area (Å²) in [4.78, 5) is 11.6. The van der Waals surface area contributed by atoms with Crippen LogP contribution in [0.25, 0.3) is 11.1 Å². The molecule has 0 heterocycles. The van der Waals surface area contributed by atoms with Gasteiger partial charge in [-0.15, -0.1) is 0 Å². The third-order valence-electron chi connectivity index (χ3n) is 3.73. The molecule has 0 radical (unpaired) electrons. The van der Waals surface area contributed by atoms with Gasteiger partial charge in [-0.05, 0) is 29.2 Å². The van der Waals surface area contributed by atoms with Crippen molar-refractivity contribution < 1.29 is 9.53 Å². The van der Waals surface area contributed by atoms with Crippen molar-refractivity contribution in [2.24, 2.45) is 5.73 Å². The normalized spacial score (nSPS) is 14.5. The molecule has 2 N–H and O–H groups in total. The molecule has 1 aliphatic rings. The van der Waals surface area contributed by atoms with Crippen LogP contribution in [0.1, 0.15) is 24.0 Å². The van der Waals surface area contributed by atoms with Crippen LogP contribution in [0.5, 0.6) is 0 Å². The van der Waals surface area contributed by atoms with Crippen molar-refractivity contribution in [1.29, 1.82) is 0 Å². The van der Waals surface area contributed by atoms with Gasteiger partial charge in [-0.25, -0.2) is 0 Å². The Labute approximate surface area is 118 Å². The maximum absolute atomic E-state index is 11.6. The van der Waals surface area contributed by atoms with Crippen LogP contribution in [-0.2, 0) is 9.53 Å². The first-order chi connectivity index (χ1) is 9.68. The number of nitrogens with two attached hydrogens (primary N) is 1. The van der Waals surface area contributed by atoms with Gasteiger partial charge >= 0.3 is 5.97 Å². The van der Waals surface area contributed by atoms with E-state index >= 15 is 0 Å². The molecule has 0 bridgehead atoms. The first-order valence-electron chi connectivity index (χ1n) is 6.79. The average molecular weight is 267 g/mol. The molecule has 102 valence electrons. The fraction of sp³-hybridized carbons (Fsp3) is 0.235. The molecule has 1 aliphatic carbocycles. The highest BCUT2D eigenvalue weighted by Gasteiger charge is 2.29. The Morgan fingerprint density at radius 2 is 1.60 bits per heavy atom. The van der Waals surface area contributed by atoms with Gasteiger partial charge < -0.3 is 10.5 Å². The lowest BCUT2D eigenvalue weighted by molar-refractivity contribution is -0.145. The number of ether oxygens (including phenoxy) is 1. The minimum Gasteiger partial charge on any atom is -0.464 e. The summed E-state index contributed by atoms with van der Waals surface area (Å²) in [5.74, 6) is -0.253. The molecule has 3 rings (SSSR count). The SMILES string of the molecule is CC(N)C(=O)OCC1c2ccccc2-c2ccccc21. The van der Waals surface area contributed by atoms with Gasteiger partial charge in [0.05, 0.1) is 0 Å². The van der Waals surface area contributed by atoms with Crippen molar-refractivity contribution in [3.8, 4) is 11.1 Å². The third-order valence-corrected chi connectivity index (χ3v) is 3.73.